The van der Waals surface area contributed by atoms with Gasteiger partial charge in [0.05, 0.1) is 16.0 Å². The van der Waals surface area contributed by atoms with Gasteiger partial charge in [-0.15, -0.1) is 0 Å². The smallest absolute Gasteiger partial charge is 0.335 e. The van der Waals surface area contributed by atoms with Crippen molar-refractivity contribution < 1.29 is 14.7 Å². The summed E-state index contributed by atoms with van der Waals surface area (Å²) >= 11 is 6.80. The molecule has 0 radical (unpaired) electrons. The molecule has 1 spiro atoms. The summed E-state index contributed by atoms with van der Waals surface area (Å²) in [5.41, 5.74) is 7.05. The zero-order valence-corrected chi connectivity index (χ0v) is 21.3. The highest BCUT2D eigenvalue weighted by atomic mass is 35.5. The van der Waals surface area contributed by atoms with Crippen LogP contribution in [0.1, 0.15) is 46.3 Å². The molecule has 37 heavy (non-hydrogen) atoms. The van der Waals surface area contributed by atoms with E-state index in [1.165, 1.54) is 0 Å². The monoisotopic (exact) mass is 508 g/mol. The van der Waals surface area contributed by atoms with Crippen LogP contribution in [0.25, 0.3) is 22.3 Å². The summed E-state index contributed by atoms with van der Waals surface area (Å²) in [5.74, 6) is -0.961. The first-order valence-corrected chi connectivity index (χ1v) is 12.7. The van der Waals surface area contributed by atoms with Gasteiger partial charge in [-0.2, -0.15) is 0 Å². The van der Waals surface area contributed by atoms with Crippen LogP contribution in [-0.2, 0) is 10.2 Å². The molecule has 2 unspecified atom stereocenters. The van der Waals surface area contributed by atoms with Crippen molar-refractivity contribution in [2.45, 2.75) is 31.6 Å². The highest BCUT2D eigenvalue weighted by Gasteiger charge is 2.67. The minimum absolute atomic E-state index is 0.0636. The number of fused-ring (bicyclic) bond motifs is 2. The Balaban J connectivity index is 1.43. The van der Waals surface area contributed by atoms with Crippen LogP contribution in [0, 0.1) is 6.92 Å². The summed E-state index contributed by atoms with van der Waals surface area (Å²) in [6.07, 6.45) is 4.20. The van der Waals surface area contributed by atoms with E-state index in [9.17, 15) is 14.7 Å². The SMILES string of the molecule is CCN1C(=O)C2(CC2c2ccc(C)c(C(=O)O)c2)c2cc(-c3ccc(-c4ccncc4)cc3)c(Cl)cc21. The van der Waals surface area contributed by atoms with Crippen molar-refractivity contribution >= 4 is 29.2 Å². The van der Waals surface area contributed by atoms with Crippen molar-refractivity contribution in [2.24, 2.45) is 0 Å². The van der Waals surface area contributed by atoms with Crippen LogP contribution in [0.5, 0.6) is 0 Å². The van der Waals surface area contributed by atoms with Crippen molar-refractivity contribution in [3.63, 3.8) is 0 Å². The Bertz CT molecular complexity index is 1570. The number of carboxylic acids is 1. The molecule has 2 atom stereocenters. The van der Waals surface area contributed by atoms with Gasteiger partial charge in [0.2, 0.25) is 5.91 Å². The van der Waals surface area contributed by atoms with Gasteiger partial charge < -0.3 is 10.0 Å². The average molecular weight is 509 g/mol. The van der Waals surface area contributed by atoms with E-state index in [1.807, 2.05) is 54.3 Å². The number of amides is 1. The van der Waals surface area contributed by atoms with Crippen molar-refractivity contribution in [1.82, 2.24) is 4.98 Å². The number of aromatic nitrogens is 1. The molecule has 1 fully saturated rings. The van der Waals surface area contributed by atoms with Crippen LogP contribution >= 0.6 is 11.6 Å². The lowest BCUT2D eigenvalue weighted by Gasteiger charge is -2.16. The first-order chi connectivity index (χ1) is 17.8. The lowest BCUT2D eigenvalue weighted by molar-refractivity contribution is -0.120. The van der Waals surface area contributed by atoms with Crippen LogP contribution in [0.3, 0.4) is 0 Å². The highest BCUT2D eigenvalue weighted by molar-refractivity contribution is 6.34. The quantitative estimate of drug-likeness (QED) is 0.319. The molecular weight excluding hydrogens is 484 g/mol. The number of nitrogens with zero attached hydrogens (tertiary/aromatic N) is 2. The molecule has 2 aliphatic rings. The summed E-state index contributed by atoms with van der Waals surface area (Å²) in [5, 5.41) is 10.2. The maximum absolute atomic E-state index is 13.8. The molecule has 1 saturated carbocycles. The molecule has 6 heteroatoms. The first-order valence-electron chi connectivity index (χ1n) is 12.4. The molecule has 184 valence electrons. The van der Waals surface area contributed by atoms with Crippen LogP contribution < -0.4 is 4.90 Å². The summed E-state index contributed by atoms with van der Waals surface area (Å²) in [4.78, 5) is 31.4. The Morgan fingerprint density at radius 1 is 1.03 bits per heavy atom. The summed E-state index contributed by atoms with van der Waals surface area (Å²) in [6, 6.07) is 21.7. The third-order valence-electron chi connectivity index (χ3n) is 7.86. The van der Waals surface area contributed by atoms with Crippen molar-refractivity contribution in [3.8, 4) is 22.3 Å². The Morgan fingerprint density at radius 2 is 1.70 bits per heavy atom. The van der Waals surface area contributed by atoms with Crippen LogP contribution in [0.2, 0.25) is 5.02 Å². The minimum Gasteiger partial charge on any atom is -0.478 e. The van der Waals surface area contributed by atoms with Gasteiger partial charge in [0.15, 0.2) is 0 Å². The van der Waals surface area contributed by atoms with Crippen molar-refractivity contribution in [2.75, 3.05) is 11.4 Å². The molecule has 1 aromatic heterocycles. The fraction of sp³-hybridized carbons (Fsp3) is 0.194. The molecule has 1 aliphatic heterocycles. The van der Waals surface area contributed by atoms with E-state index in [-0.39, 0.29) is 17.4 Å². The van der Waals surface area contributed by atoms with Crippen molar-refractivity contribution in [3.05, 3.63) is 106 Å². The van der Waals surface area contributed by atoms with E-state index in [2.05, 4.69) is 23.2 Å². The minimum atomic E-state index is -0.952. The van der Waals surface area contributed by atoms with Crippen LogP contribution in [0.15, 0.2) is 79.1 Å². The number of carboxylic acid groups (broad SMARTS) is 1. The first kappa shape index (κ1) is 23.4. The van der Waals surface area contributed by atoms with E-state index < -0.39 is 11.4 Å². The fourth-order valence-electron chi connectivity index (χ4n) is 5.82. The molecular formula is C31H25ClN2O3. The molecule has 0 bridgehead atoms. The van der Waals surface area contributed by atoms with Gasteiger partial charge in [0.1, 0.15) is 0 Å². The summed E-state index contributed by atoms with van der Waals surface area (Å²) in [6.45, 7) is 4.30. The third kappa shape index (κ3) is 3.57. The number of aryl methyl sites for hydroxylation is 1. The lowest BCUT2D eigenvalue weighted by Crippen LogP contribution is -2.32. The molecule has 1 amide bonds. The maximum Gasteiger partial charge on any atom is 0.335 e. The molecule has 6 rings (SSSR count). The molecule has 0 saturated heterocycles. The summed E-state index contributed by atoms with van der Waals surface area (Å²) < 4.78 is 0. The van der Waals surface area contributed by atoms with E-state index in [0.717, 1.165) is 39.1 Å². The molecule has 1 aliphatic carbocycles. The molecule has 4 aromatic rings. The van der Waals surface area contributed by atoms with Crippen LogP contribution in [0.4, 0.5) is 5.69 Å². The topological polar surface area (TPSA) is 70.5 Å². The second-order valence-electron chi connectivity index (χ2n) is 9.82. The van der Waals surface area contributed by atoms with Gasteiger partial charge in [0.25, 0.3) is 0 Å². The standard InChI is InChI=1S/C31H25ClN2O3/c1-3-34-28-16-27(32)24(21-8-6-19(7-9-21)20-10-12-33-13-11-20)15-25(28)31(30(34)37)17-26(31)22-5-4-18(2)23(14-22)29(35)36/h4-16,26H,3,17H2,1-2H3,(H,35,36). The van der Waals surface area contributed by atoms with Gasteiger partial charge in [-0.3, -0.25) is 9.78 Å². The van der Waals surface area contributed by atoms with E-state index in [1.54, 1.807) is 25.4 Å². The van der Waals surface area contributed by atoms with Gasteiger partial charge in [-0.1, -0.05) is 48.0 Å². The Morgan fingerprint density at radius 3 is 2.38 bits per heavy atom. The Kier molecular flexibility index (Phi) is 5.42. The number of hydrogen-bond donors (Lipinski definition) is 1. The molecule has 5 nitrogen and oxygen atoms in total. The second kappa shape index (κ2) is 8.56. The Labute approximate surface area is 220 Å². The third-order valence-corrected chi connectivity index (χ3v) is 8.18. The number of halogens is 1. The zero-order valence-electron chi connectivity index (χ0n) is 20.5. The lowest BCUT2D eigenvalue weighted by atomic mass is 9.89. The normalized spacial score (nSPS) is 19.8. The maximum atomic E-state index is 13.8. The Hall–Kier alpha value is -3.96. The summed E-state index contributed by atoms with van der Waals surface area (Å²) in [7, 11) is 0. The molecule has 2 heterocycles. The highest BCUT2D eigenvalue weighted by Crippen LogP contribution is 2.67. The number of benzene rings is 3. The number of anilines is 1. The molecule has 3 aromatic carbocycles. The van der Waals surface area contributed by atoms with E-state index in [0.29, 0.717) is 23.6 Å². The second-order valence-corrected chi connectivity index (χ2v) is 10.2. The predicted octanol–water partition coefficient (Wildman–Crippen LogP) is 6.87. The van der Waals surface area contributed by atoms with Gasteiger partial charge in [-0.05, 0) is 84.0 Å². The number of pyridine rings is 1. The number of hydrogen-bond acceptors (Lipinski definition) is 3. The van der Waals surface area contributed by atoms with Gasteiger partial charge >= 0.3 is 5.97 Å². The fourth-order valence-corrected chi connectivity index (χ4v) is 6.08. The largest absolute Gasteiger partial charge is 0.478 e. The van der Waals surface area contributed by atoms with Crippen molar-refractivity contribution in [1.29, 1.82) is 0 Å². The van der Waals surface area contributed by atoms with Gasteiger partial charge in [-0.25, -0.2) is 4.79 Å². The zero-order chi connectivity index (χ0) is 25.9. The molecule has 1 N–H and O–H groups in total. The predicted molar refractivity (Wildman–Crippen MR) is 145 cm³/mol. The number of aromatic carboxylic acids is 1. The number of likely N-dealkylation sites (N-methyl/N-ethyl adjacent to an activating group) is 1. The van der Waals surface area contributed by atoms with E-state index in [4.69, 9.17) is 11.6 Å². The number of carbonyl (C=O) groups is 2. The number of rotatable bonds is 5. The van der Waals surface area contributed by atoms with Crippen LogP contribution in [-0.4, -0.2) is 28.5 Å². The average Bonchev–Trinajstić information content (AvgIpc) is 3.62. The van der Waals surface area contributed by atoms with E-state index >= 15 is 0 Å². The van der Waals surface area contributed by atoms with Gasteiger partial charge in [0, 0.05) is 36.1 Å². The number of carbonyl (C=O) groups excluding carboxylic acids is 1.